The molecule has 5 N–H and O–H groups in total. The third-order valence-corrected chi connectivity index (χ3v) is 2.35. The van der Waals surface area contributed by atoms with Crippen LogP contribution in [0.2, 0.25) is 0 Å². The van der Waals surface area contributed by atoms with Crippen LogP contribution < -0.4 is 16.8 Å². The number of anilines is 3. The van der Waals surface area contributed by atoms with Gasteiger partial charge in [-0.25, -0.2) is 4.98 Å². The summed E-state index contributed by atoms with van der Waals surface area (Å²) in [5, 5.41) is 3.15. The number of aromatic nitrogens is 2. The van der Waals surface area contributed by atoms with E-state index in [9.17, 15) is 0 Å². The largest absolute Gasteiger partial charge is 0.396 e. The fraction of sp³-hybridized carbons (Fsp3) is 0.167. The van der Waals surface area contributed by atoms with Crippen LogP contribution >= 0.6 is 0 Å². The molecule has 0 saturated heterocycles. The van der Waals surface area contributed by atoms with Crippen molar-refractivity contribution >= 4 is 17.3 Å². The van der Waals surface area contributed by atoms with Crippen LogP contribution in [0.4, 0.5) is 17.3 Å². The van der Waals surface area contributed by atoms with Gasteiger partial charge in [-0.15, -0.1) is 0 Å². The summed E-state index contributed by atoms with van der Waals surface area (Å²) in [7, 11) is 0. The van der Waals surface area contributed by atoms with Crippen LogP contribution in [0.25, 0.3) is 0 Å². The van der Waals surface area contributed by atoms with Crippen molar-refractivity contribution in [2.24, 2.45) is 0 Å². The first kappa shape index (κ1) is 11.2. The van der Waals surface area contributed by atoms with E-state index in [-0.39, 0.29) is 0 Å². The van der Waals surface area contributed by atoms with E-state index in [1.165, 1.54) is 0 Å². The van der Waals surface area contributed by atoms with Gasteiger partial charge in [-0.1, -0.05) is 6.07 Å². The Kier molecular flexibility index (Phi) is 3.09. The number of pyridine rings is 2. The highest BCUT2D eigenvalue weighted by atomic mass is 15.0. The van der Waals surface area contributed by atoms with Gasteiger partial charge in [0.05, 0.1) is 17.9 Å². The molecule has 0 amide bonds. The lowest BCUT2D eigenvalue weighted by molar-refractivity contribution is 1.00. The van der Waals surface area contributed by atoms with E-state index in [1.807, 2.05) is 25.1 Å². The zero-order chi connectivity index (χ0) is 12.3. The Labute approximate surface area is 99.9 Å². The predicted octanol–water partition coefficient (Wildman–Crippen LogP) is 1.56. The van der Waals surface area contributed by atoms with E-state index < -0.39 is 0 Å². The predicted molar refractivity (Wildman–Crippen MR) is 69.4 cm³/mol. The normalized spacial score (nSPS) is 10.2. The third kappa shape index (κ3) is 2.84. The highest BCUT2D eigenvalue weighted by Gasteiger charge is 2.00. The van der Waals surface area contributed by atoms with E-state index >= 15 is 0 Å². The number of hydrogen-bond acceptors (Lipinski definition) is 5. The number of rotatable bonds is 3. The Bertz CT molecular complexity index is 524. The summed E-state index contributed by atoms with van der Waals surface area (Å²) in [5.41, 5.74) is 13.7. The molecule has 2 heterocycles. The Balaban J connectivity index is 2.05. The molecule has 2 aromatic rings. The summed E-state index contributed by atoms with van der Waals surface area (Å²) >= 11 is 0. The van der Waals surface area contributed by atoms with Crippen LogP contribution in [0.5, 0.6) is 0 Å². The van der Waals surface area contributed by atoms with E-state index in [0.717, 1.165) is 11.4 Å². The topological polar surface area (TPSA) is 89.8 Å². The van der Waals surface area contributed by atoms with E-state index in [2.05, 4.69) is 15.3 Å². The summed E-state index contributed by atoms with van der Waals surface area (Å²) in [4.78, 5) is 8.51. The summed E-state index contributed by atoms with van der Waals surface area (Å²) in [6.07, 6.45) is 0. The van der Waals surface area contributed by atoms with Crippen molar-refractivity contribution in [2.45, 2.75) is 13.5 Å². The molecule has 2 rings (SSSR count). The maximum absolute atomic E-state index is 5.62. The van der Waals surface area contributed by atoms with E-state index in [4.69, 9.17) is 11.5 Å². The molecule has 5 nitrogen and oxygen atoms in total. The van der Waals surface area contributed by atoms with Crippen LogP contribution in [0.3, 0.4) is 0 Å². The Hall–Kier alpha value is -2.30. The van der Waals surface area contributed by atoms with Gasteiger partial charge in [0.25, 0.3) is 0 Å². The van der Waals surface area contributed by atoms with Crippen LogP contribution in [0.15, 0.2) is 30.3 Å². The number of nitrogens with zero attached hydrogens (tertiary/aromatic N) is 2. The van der Waals surface area contributed by atoms with Crippen LogP contribution in [-0.4, -0.2) is 9.97 Å². The second kappa shape index (κ2) is 4.69. The second-order valence-electron chi connectivity index (χ2n) is 3.79. The zero-order valence-corrected chi connectivity index (χ0v) is 9.64. The standard InChI is InChI=1S/C12H15N5/c1-8-3-2-4-9(16-8)7-15-11-6-5-10(13)12(14)17-11/h2-6H,7,13H2,1H3,(H3,14,15,17). The number of hydrogen-bond donors (Lipinski definition) is 3. The summed E-state index contributed by atoms with van der Waals surface area (Å²) in [6.45, 7) is 2.57. The zero-order valence-electron chi connectivity index (χ0n) is 9.64. The quantitative estimate of drug-likeness (QED) is 0.743. The van der Waals surface area contributed by atoms with Crippen molar-refractivity contribution < 1.29 is 0 Å². The second-order valence-corrected chi connectivity index (χ2v) is 3.79. The molecule has 0 unspecified atom stereocenters. The SMILES string of the molecule is Cc1cccc(CNc2ccc(N)c(N)n2)n1. The first-order chi connectivity index (χ1) is 8.15. The molecule has 0 aliphatic rings. The van der Waals surface area contributed by atoms with Gasteiger partial charge in [-0.2, -0.15) is 0 Å². The van der Waals surface area contributed by atoms with Gasteiger partial charge in [0.15, 0.2) is 0 Å². The number of nitrogen functional groups attached to an aromatic ring is 2. The maximum Gasteiger partial charge on any atom is 0.149 e. The highest BCUT2D eigenvalue weighted by molar-refractivity contribution is 5.61. The third-order valence-electron chi connectivity index (χ3n) is 2.35. The Morgan fingerprint density at radius 3 is 2.65 bits per heavy atom. The van der Waals surface area contributed by atoms with Crippen LogP contribution in [0, 0.1) is 6.92 Å². The number of aryl methyl sites for hydroxylation is 1. The fourth-order valence-electron chi connectivity index (χ4n) is 1.46. The molecule has 0 atom stereocenters. The molecular weight excluding hydrogens is 214 g/mol. The van der Waals surface area contributed by atoms with Crippen LogP contribution in [-0.2, 0) is 6.54 Å². The fourth-order valence-corrected chi connectivity index (χ4v) is 1.46. The summed E-state index contributed by atoms with van der Waals surface area (Å²) in [6, 6.07) is 9.42. The molecule has 0 spiro atoms. The van der Waals surface area contributed by atoms with Gasteiger partial charge in [-0.3, -0.25) is 4.98 Å². The first-order valence-electron chi connectivity index (χ1n) is 5.33. The summed E-state index contributed by atoms with van der Waals surface area (Å²) in [5.74, 6) is 1.03. The lowest BCUT2D eigenvalue weighted by atomic mass is 10.3. The molecule has 0 radical (unpaired) electrons. The minimum absolute atomic E-state index is 0.340. The lowest BCUT2D eigenvalue weighted by Crippen LogP contribution is -2.06. The number of nitrogens with two attached hydrogens (primary N) is 2. The molecule has 5 heteroatoms. The molecule has 0 aromatic carbocycles. The van der Waals surface area contributed by atoms with Crippen molar-refractivity contribution in [1.29, 1.82) is 0 Å². The average molecular weight is 229 g/mol. The van der Waals surface area contributed by atoms with Gasteiger partial charge >= 0.3 is 0 Å². The Morgan fingerprint density at radius 1 is 1.12 bits per heavy atom. The molecule has 2 aromatic heterocycles. The Morgan fingerprint density at radius 2 is 1.94 bits per heavy atom. The average Bonchev–Trinajstić information content (AvgIpc) is 2.31. The summed E-state index contributed by atoms with van der Waals surface area (Å²) < 4.78 is 0. The van der Waals surface area contributed by atoms with E-state index in [0.29, 0.717) is 23.9 Å². The molecule has 0 saturated carbocycles. The van der Waals surface area contributed by atoms with Crippen LogP contribution in [0.1, 0.15) is 11.4 Å². The van der Waals surface area contributed by atoms with Crippen molar-refractivity contribution in [2.75, 3.05) is 16.8 Å². The molecule has 0 bridgehead atoms. The lowest BCUT2D eigenvalue weighted by Gasteiger charge is -2.07. The van der Waals surface area contributed by atoms with Gasteiger partial charge in [0.2, 0.25) is 0 Å². The van der Waals surface area contributed by atoms with Gasteiger partial charge in [-0.05, 0) is 31.2 Å². The van der Waals surface area contributed by atoms with Gasteiger partial charge in [0, 0.05) is 5.69 Å². The highest BCUT2D eigenvalue weighted by Crippen LogP contribution is 2.15. The maximum atomic E-state index is 5.62. The molecule has 0 aliphatic heterocycles. The minimum atomic E-state index is 0.340. The smallest absolute Gasteiger partial charge is 0.149 e. The molecule has 88 valence electrons. The first-order valence-corrected chi connectivity index (χ1v) is 5.33. The van der Waals surface area contributed by atoms with Crippen molar-refractivity contribution in [1.82, 2.24) is 9.97 Å². The van der Waals surface area contributed by atoms with Crippen molar-refractivity contribution in [3.8, 4) is 0 Å². The van der Waals surface area contributed by atoms with Gasteiger partial charge < -0.3 is 16.8 Å². The molecule has 0 fully saturated rings. The van der Waals surface area contributed by atoms with Crippen molar-refractivity contribution in [3.63, 3.8) is 0 Å². The van der Waals surface area contributed by atoms with Crippen molar-refractivity contribution in [3.05, 3.63) is 41.7 Å². The molecule has 17 heavy (non-hydrogen) atoms. The minimum Gasteiger partial charge on any atom is -0.396 e. The molecule has 0 aliphatic carbocycles. The van der Waals surface area contributed by atoms with Gasteiger partial charge in [0.1, 0.15) is 11.6 Å². The number of nitrogens with one attached hydrogen (secondary N) is 1. The van der Waals surface area contributed by atoms with E-state index in [1.54, 1.807) is 12.1 Å². The molecular formula is C12H15N5. The monoisotopic (exact) mass is 229 g/mol.